The van der Waals surface area contributed by atoms with Crippen LogP contribution in [0.1, 0.15) is 101 Å². The number of nitrogen functional groups attached to an aromatic ring is 1. The molecule has 2 aromatic carbocycles. The molecule has 2 bridgehead atoms. The van der Waals surface area contributed by atoms with Crippen LogP contribution in [-0.2, 0) is 19.9 Å². The number of phenolic OH excluding ortho intramolecular Hbond substituents is 1. The third-order valence-corrected chi connectivity index (χ3v) is 16.1. The lowest BCUT2D eigenvalue weighted by Gasteiger charge is -2.42. The van der Waals surface area contributed by atoms with Gasteiger partial charge in [0.1, 0.15) is 17.8 Å². The minimum absolute atomic E-state index is 0.0277. The summed E-state index contributed by atoms with van der Waals surface area (Å²) < 4.78 is 0. The van der Waals surface area contributed by atoms with E-state index in [2.05, 4.69) is 59.9 Å². The number of hydrogen-bond acceptors (Lipinski definition) is 14. The van der Waals surface area contributed by atoms with Gasteiger partial charge < -0.3 is 41.3 Å². The number of rotatable bonds is 11. The molecule has 3 saturated heterocycles. The standard InChI is InChI=1S/C51H61N11O5S/c1-29-43(68-28-55-29)31-13-15-34(16-14-31)51(19-20-51)57-47(66)41-21-37(63)27-61(41)48(67)44(50(2,3)4)56-46(65)32-11-9-30(10-12-32)33-23-53-49(54-24-33)62-35-17-18-36(62)26-60(25-35)40-22-39(58-59-45(40)52)38-7-5-6-8-42(38)64/h5-8,13-16,22-24,28,30,32,35-37,41,44,63-64H,9-12,17-21,25-27H2,1-4H3,(H2,52,59)(H,56,65)(H,57,66)/t30?,32?,35?,36?,37-,41+,44-/m1/s1. The van der Waals surface area contributed by atoms with E-state index in [1.807, 2.05) is 63.8 Å². The number of β-amino-alcohol motifs (C(OH)–C–C–N with tert-alkyl or cyclic N) is 1. The summed E-state index contributed by atoms with van der Waals surface area (Å²) in [5, 5.41) is 36.2. The van der Waals surface area contributed by atoms with Gasteiger partial charge in [-0.2, -0.15) is 0 Å². The van der Waals surface area contributed by atoms with E-state index in [1.165, 1.54) is 4.90 Å². The molecule has 3 aliphatic heterocycles. The number of likely N-dealkylation sites (tertiary alicyclic amines) is 1. The Labute approximate surface area is 400 Å². The normalized spacial score (nSPS) is 24.7. The number of amides is 3. The predicted molar refractivity (Wildman–Crippen MR) is 261 cm³/mol. The van der Waals surface area contributed by atoms with Crippen LogP contribution in [-0.4, -0.2) is 108 Å². The summed E-state index contributed by atoms with van der Waals surface area (Å²) in [5.41, 5.74) is 13.2. The number of para-hydroxylation sites is 1. The summed E-state index contributed by atoms with van der Waals surface area (Å²) in [6, 6.07) is 15.9. The highest BCUT2D eigenvalue weighted by atomic mass is 32.1. The second-order valence-electron chi connectivity index (χ2n) is 20.7. The second-order valence-corrected chi connectivity index (χ2v) is 21.6. The number of hydrogen-bond donors (Lipinski definition) is 5. The number of anilines is 3. The number of fused-ring (bicyclic) bond motifs is 2. The summed E-state index contributed by atoms with van der Waals surface area (Å²) in [6.07, 6.45) is 9.67. The van der Waals surface area contributed by atoms with Crippen molar-refractivity contribution in [1.82, 2.24) is 40.7 Å². The van der Waals surface area contributed by atoms with Crippen molar-refractivity contribution in [3.05, 3.63) is 89.3 Å². The number of aliphatic hydroxyl groups excluding tert-OH is 1. The molecule has 68 heavy (non-hydrogen) atoms. The fourth-order valence-electron chi connectivity index (χ4n) is 11.1. The van der Waals surface area contributed by atoms with Crippen molar-refractivity contribution >= 4 is 46.5 Å². The number of piperazine rings is 1. The van der Waals surface area contributed by atoms with Crippen LogP contribution in [0.5, 0.6) is 5.75 Å². The van der Waals surface area contributed by atoms with Crippen LogP contribution >= 0.6 is 11.3 Å². The molecular weight excluding hydrogens is 879 g/mol. The van der Waals surface area contributed by atoms with Gasteiger partial charge >= 0.3 is 0 Å². The van der Waals surface area contributed by atoms with E-state index in [4.69, 9.17) is 15.7 Å². The van der Waals surface area contributed by atoms with Gasteiger partial charge in [0.05, 0.1) is 39.1 Å². The average molecular weight is 940 g/mol. The SMILES string of the molecule is Cc1ncsc1-c1ccc(C2(NC(=O)[C@@H]3C[C@@H](O)CN3C(=O)[C@@H](NC(=O)C3CCC(c4cnc(N5C6CCC5CN(c5cc(-c7ccccc7O)nnc5N)C6)nc4)CC3)C(C)(C)C)CC2)cc1. The van der Waals surface area contributed by atoms with Crippen molar-refractivity contribution in [3.8, 4) is 27.4 Å². The van der Waals surface area contributed by atoms with Gasteiger partial charge in [0.25, 0.3) is 0 Å². The van der Waals surface area contributed by atoms with Crippen LogP contribution in [0, 0.1) is 18.3 Å². The maximum atomic E-state index is 14.5. The summed E-state index contributed by atoms with van der Waals surface area (Å²) in [4.78, 5) is 63.9. The number of benzene rings is 2. The first-order valence-corrected chi connectivity index (χ1v) is 24.9. The van der Waals surface area contributed by atoms with Gasteiger partial charge in [0.15, 0.2) is 5.82 Å². The van der Waals surface area contributed by atoms with Crippen molar-refractivity contribution < 1.29 is 24.6 Å². The Kier molecular flexibility index (Phi) is 12.1. The summed E-state index contributed by atoms with van der Waals surface area (Å²) in [7, 11) is 0. The molecule has 6 N–H and O–H groups in total. The summed E-state index contributed by atoms with van der Waals surface area (Å²) >= 11 is 1.60. The quantitative estimate of drug-likeness (QED) is 0.102. The number of aromatic hydroxyl groups is 1. The Morgan fingerprint density at radius 3 is 2.21 bits per heavy atom. The third-order valence-electron chi connectivity index (χ3n) is 15.1. The first-order valence-electron chi connectivity index (χ1n) is 24.0. The largest absolute Gasteiger partial charge is 0.507 e. The van der Waals surface area contributed by atoms with Crippen LogP contribution in [0.25, 0.3) is 21.7 Å². The van der Waals surface area contributed by atoms with E-state index in [1.54, 1.807) is 23.5 Å². The third kappa shape index (κ3) is 8.86. The molecule has 5 aromatic rings. The highest BCUT2D eigenvalue weighted by molar-refractivity contribution is 7.13. The Morgan fingerprint density at radius 1 is 0.882 bits per heavy atom. The average Bonchev–Trinajstić information content (AvgIpc) is 3.66. The molecule has 10 rings (SSSR count). The number of carbonyl (C=O) groups excluding carboxylic acids is 3. The van der Waals surface area contributed by atoms with Crippen molar-refractivity contribution in [2.75, 3.05) is 35.2 Å². The number of aromatic nitrogens is 5. The van der Waals surface area contributed by atoms with Gasteiger partial charge in [-0.15, -0.1) is 21.5 Å². The highest BCUT2D eigenvalue weighted by Crippen LogP contribution is 2.47. The Hall–Kier alpha value is -6.20. The molecule has 356 valence electrons. The molecule has 5 atom stereocenters. The number of aliphatic hydroxyl groups is 1. The molecular formula is C51H61N11O5S. The maximum absolute atomic E-state index is 14.5. The topological polar surface area (TPSA) is 216 Å². The van der Waals surface area contributed by atoms with Crippen molar-refractivity contribution in [2.24, 2.45) is 11.3 Å². The van der Waals surface area contributed by atoms with E-state index in [9.17, 15) is 24.6 Å². The molecule has 2 saturated carbocycles. The predicted octanol–water partition coefficient (Wildman–Crippen LogP) is 6.08. The van der Waals surface area contributed by atoms with Gasteiger partial charge in [-0.25, -0.2) is 15.0 Å². The minimum atomic E-state index is -0.885. The number of nitrogens with one attached hydrogen (secondary N) is 2. The molecule has 0 radical (unpaired) electrons. The molecule has 5 fully saturated rings. The van der Waals surface area contributed by atoms with Crippen LogP contribution in [0.4, 0.5) is 17.5 Å². The smallest absolute Gasteiger partial charge is 0.246 e. The summed E-state index contributed by atoms with van der Waals surface area (Å²) in [5.74, 6) is 0.356. The minimum Gasteiger partial charge on any atom is -0.507 e. The zero-order valence-electron chi connectivity index (χ0n) is 39.1. The number of nitrogens with two attached hydrogens (primary N) is 1. The number of carbonyl (C=O) groups is 3. The Bertz CT molecular complexity index is 2660. The van der Waals surface area contributed by atoms with Gasteiger partial charge in [-0.05, 0) is 105 Å². The summed E-state index contributed by atoms with van der Waals surface area (Å²) in [6.45, 7) is 9.24. The number of thiazole rings is 1. The molecule has 17 heteroatoms. The first-order chi connectivity index (χ1) is 32.7. The van der Waals surface area contributed by atoms with E-state index >= 15 is 0 Å². The molecule has 6 heterocycles. The van der Waals surface area contributed by atoms with Gasteiger partial charge in [-0.1, -0.05) is 57.2 Å². The monoisotopic (exact) mass is 939 g/mol. The van der Waals surface area contributed by atoms with Crippen LogP contribution in [0.2, 0.25) is 0 Å². The van der Waals surface area contributed by atoms with Crippen LogP contribution in [0.15, 0.2) is 72.5 Å². The Balaban J connectivity index is 0.740. The molecule has 2 unspecified atom stereocenters. The van der Waals surface area contributed by atoms with E-state index in [0.29, 0.717) is 35.9 Å². The fourth-order valence-corrected chi connectivity index (χ4v) is 11.9. The molecule has 3 aromatic heterocycles. The second kappa shape index (κ2) is 18.0. The zero-order valence-corrected chi connectivity index (χ0v) is 40.0. The van der Waals surface area contributed by atoms with Gasteiger partial charge in [-0.3, -0.25) is 14.4 Å². The fraction of sp³-hybridized carbons (Fsp3) is 0.490. The van der Waals surface area contributed by atoms with Gasteiger partial charge in [0.2, 0.25) is 23.7 Å². The molecule has 0 spiro atoms. The molecule has 5 aliphatic rings. The molecule has 3 amide bonds. The lowest BCUT2D eigenvalue weighted by Crippen LogP contribution is -2.59. The van der Waals surface area contributed by atoms with Crippen molar-refractivity contribution in [2.45, 2.75) is 127 Å². The number of aryl methyl sites for hydroxylation is 1. The van der Waals surface area contributed by atoms with Crippen LogP contribution in [0.3, 0.4) is 0 Å². The Morgan fingerprint density at radius 2 is 1.57 bits per heavy atom. The highest BCUT2D eigenvalue weighted by Gasteiger charge is 2.50. The molecule has 16 nitrogen and oxygen atoms in total. The van der Waals surface area contributed by atoms with Crippen LogP contribution < -0.4 is 26.2 Å². The maximum Gasteiger partial charge on any atom is 0.246 e. The van der Waals surface area contributed by atoms with Crippen molar-refractivity contribution in [3.63, 3.8) is 0 Å². The number of phenols is 1. The van der Waals surface area contributed by atoms with E-state index in [-0.39, 0.29) is 60.4 Å². The number of nitrogens with zero attached hydrogens (tertiary/aromatic N) is 8. The van der Waals surface area contributed by atoms with Crippen molar-refractivity contribution in [1.29, 1.82) is 0 Å². The lowest BCUT2D eigenvalue weighted by atomic mass is 9.78. The van der Waals surface area contributed by atoms with E-state index in [0.717, 1.165) is 84.6 Å². The molecule has 2 aliphatic carbocycles. The van der Waals surface area contributed by atoms with E-state index < -0.39 is 29.1 Å². The first kappa shape index (κ1) is 45.6. The zero-order chi connectivity index (χ0) is 47.5. The van der Waals surface area contributed by atoms with Gasteiger partial charge in [0, 0.05) is 62.0 Å². The lowest BCUT2D eigenvalue weighted by molar-refractivity contribution is -0.145.